The van der Waals surface area contributed by atoms with E-state index in [-0.39, 0.29) is 12.3 Å². The van der Waals surface area contributed by atoms with Crippen molar-refractivity contribution in [3.63, 3.8) is 0 Å². The van der Waals surface area contributed by atoms with Gasteiger partial charge in [-0.25, -0.2) is 0 Å². The Balaban J connectivity index is 1.80. The van der Waals surface area contributed by atoms with Crippen molar-refractivity contribution in [3.8, 4) is 5.75 Å². The fraction of sp³-hybridized carbons (Fsp3) is 0.263. The molecule has 132 valence electrons. The van der Waals surface area contributed by atoms with Crippen LogP contribution in [0.1, 0.15) is 18.1 Å². The minimum Gasteiger partial charge on any atom is -0.497 e. The molecule has 1 N–H and O–H groups in total. The number of ether oxygens (including phenoxy) is 2. The van der Waals surface area contributed by atoms with E-state index < -0.39 is 12.1 Å². The van der Waals surface area contributed by atoms with Crippen molar-refractivity contribution in [1.82, 2.24) is 5.32 Å². The molecule has 0 aliphatic carbocycles. The number of carbonyl (C=O) groups is 2. The maximum Gasteiger partial charge on any atom is 0.311 e. The van der Waals surface area contributed by atoms with Crippen LogP contribution in [0.3, 0.4) is 0 Å². The van der Waals surface area contributed by atoms with Crippen molar-refractivity contribution in [1.29, 1.82) is 0 Å². The molecule has 0 bridgehead atoms. The molecule has 0 saturated heterocycles. The lowest BCUT2D eigenvalue weighted by Crippen LogP contribution is -2.35. The molecule has 0 unspecified atom stereocenters. The molecule has 0 aliphatic heterocycles. The van der Waals surface area contributed by atoms with E-state index in [9.17, 15) is 9.59 Å². The van der Waals surface area contributed by atoms with Crippen molar-refractivity contribution >= 4 is 23.5 Å². The molecule has 1 amide bonds. The van der Waals surface area contributed by atoms with Gasteiger partial charge in [0.2, 0.25) is 0 Å². The zero-order valence-electron chi connectivity index (χ0n) is 14.1. The van der Waals surface area contributed by atoms with Gasteiger partial charge in [-0.3, -0.25) is 9.59 Å². The van der Waals surface area contributed by atoms with Crippen molar-refractivity contribution < 1.29 is 19.1 Å². The Morgan fingerprint density at radius 1 is 1.12 bits per heavy atom. The van der Waals surface area contributed by atoms with Gasteiger partial charge in [-0.1, -0.05) is 41.9 Å². The van der Waals surface area contributed by atoms with E-state index in [0.29, 0.717) is 17.1 Å². The Morgan fingerprint density at radius 2 is 1.80 bits per heavy atom. The summed E-state index contributed by atoms with van der Waals surface area (Å²) in [5.41, 5.74) is 1.59. The largest absolute Gasteiger partial charge is 0.497 e. The molecule has 0 fully saturated rings. The van der Waals surface area contributed by atoms with E-state index in [1.54, 1.807) is 31.4 Å². The summed E-state index contributed by atoms with van der Waals surface area (Å²) in [6, 6.07) is 14.4. The number of amides is 1. The molecule has 0 heterocycles. The number of carbonyl (C=O) groups excluding carboxylic acids is 2. The fourth-order valence-electron chi connectivity index (χ4n) is 2.17. The van der Waals surface area contributed by atoms with E-state index >= 15 is 0 Å². The Labute approximate surface area is 151 Å². The van der Waals surface area contributed by atoms with E-state index in [2.05, 4.69) is 5.32 Å². The molecular weight excluding hydrogens is 342 g/mol. The summed E-state index contributed by atoms with van der Waals surface area (Å²) >= 11 is 6.01. The number of benzene rings is 2. The number of esters is 1. The minimum absolute atomic E-state index is 0.0236. The Kier molecular flexibility index (Phi) is 6.83. The Hall–Kier alpha value is -2.53. The molecule has 0 spiro atoms. The first-order valence-corrected chi connectivity index (χ1v) is 8.21. The first-order valence-electron chi connectivity index (χ1n) is 7.83. The van der Waals surface area contributed by atoms with Gasteiger partial charge in [0.05, 0.1) is 13.5 Å². The van der Waals surface area contributed by atoms with Crippen molar-refractivity contribution in [3.05, 3.63) is 64.7 Å². The zero-order chi connectivity index (χ0) is 18.2. The predicted molar refractivity (Wildman–Crippen MR) is 95.6 cm³/mol. The summed E-state index contributed by atoms with van der Waals surface area (Å²) < 4.78 is 10.2. The van der Waals surface area contributed by atoms with Crippen molar-refractivity contribution in [2.75, 3.05) is 7.11 Å². The van der Waals surface area contributed by atoms with Gasteiger partial charge in [0.1, 0.15) is 5.75 Å². The van der Waals surface area contributed by atoms with Gasteiger partial charge in [-0.2, -0.15) is 0 Å². The molecule has 6 heteroatoms. The van der Waals surface area contributed by atoms with Crippen LogP contribution in [0.5, 0.6) is 5.75 Å². The molecular formula is C19H20ClNO4. The molecule has 0 saturated carbocycles. The Bertz CT molecular complexity index is 730. The molecule has 5 nitrogen and oxygen atoms in total. The van der Waals surface area contributed by atoms with Gasteiger partial charge in [-0.15, -0.1) is 0 Å². The van der Waals surface area contributed by atoms with Crippen LogP contribution in [0.15, 0.2) is 48.5 Å². The highest BCUT2D eigenvalue weighted by Crippen LogP contribution is 2.16. The molecule has 25 heavy (non-hydrogen) atoms. The van der Waals surface area contributed by atoms with Crippen LogP contribution < -0.4 is 10.1 Å². The summed E-state index contributed by atoms with van der Waals surface area (Å²) in [5.74, 6) is -0.111. The first-order chi connectivity index (χ1) is 12.0. The second kappa shape index (κ2) is 9.08. The summed E-state index contributed by atoms with van der Waals surface area (Å²) in [4.78, 5) is 24.0. The molecule has 2 rings (SSSR count). The van der Waals surface area contributed by atoms with Crippen molar-refractivity contribution in [2.45, 2.75) is 26.0 Å². The van der Waals surface area contributed by atoms with Crippen LogP contribution in [0.2, 0.25) is 5.02 Å². The third-order valence-electron chi connectivity index (χ3n) is 3.60. The van der Waals surface area contributed by atoms with Crippen LogP contribution in [0, 0.1) is 0 Å². The number of nitrogens with one attached hydrogen (secondary N) is 1. The third-order valence-corrected chi connectivity index (χ3v) is 3.96. The number of methoxy groups -OCH3 is 1. The molecule has 2 aromatic rings. The van der Waals surface area contributed by atoms with Gasteiger partial charge in [0.25, 0.3) is 5.91 Å². The molecule has 1 atom stereocenters. The maximum atomic E-state index is 12.1. The highest BCUT2D eigenvalue weighted by molar-refractivity contribution is 6.31. The van der Waals surface area contributed by atoms with Crippen LogP contribution in [0.4, 0.5) is 0 Å². The monoisotopic (exact) mass is 361 g/mol. The highest BCUT2D eigenvalue weighted by Gasteiger charge is 2.18. The number of hydrogen-bond acceptors (Lipinski definition) is 4. The first kappa shape index (κ1) is 18.8. The lowest BCUT2D eigenvalue weighted by atomic mass is 10.1. The molecule has 2 aromatic carbocycles. The van der Waals surface area contributed by atoms with Crippen LogP contribution >= 0.6 is 11.6 Å². The topological polar surface area (TPSA) is 64.6 Å². The van der Waals surface area contributed by atoms with Gasteiger partial charge in [0, 0.05) is 11.6 Å². The number of rotatable bonds is 7. The van der Waals surface area contributed by atoms with Crippen molar-refractivity contribution in [2.24, 2.45) is 0 Å². The molecule has 0 aromatic heterocycles. The van der Waals surface area contributed by atoms with Crippen LogP contribution in [0.25, 0.3) is 0 Å². The summed E-state index contributed by atoms with van der Waals surface area (Å²) in [5, 5.41) is 3.23. The quantitative estimate of drug-likeness (QED) is 0.769. The van der Waals surface area contributed by atoms with E-state index in [1.807, 2.05) is 24.3 Å². The van der Waals surface area contributed by atoms with E-state index in [4.69, 9.17) is 21.1 Å². The highest BCUT2D eigenvalue weighted by atomic mass is 35.5. The summed E-state index contributed by atoms with van der Waals surface area (Å²) in [6.45, 7) is 1.88. The fourth-order valence-corrected chi connectivity index (χ4v) is 2.37. The lowest BCUT2D eigenvalue weighted by molar-refractivity contribution is -0.154. The molecule has 0 radical (unpaired) electrons. The minimum atomic E-state index is -0.881. The molecule has 0 aliphatic rings. The Morgan fingerprint density at radius 3 is 2.44 bits per heavy atom. The summed E-state index contributed by atoms with van der Waals surface area (Å²) in [6.07, 6.45) is -0.858. The normalized spacial score (nSPS) is 11.5. The van der Waals surface area contributed by atoms with Crippen LogP contribution in [-0.2, 0) is 27.3 Å². The van der Waals surface area contributed by atoms with Gasteiger partial charge < -0.3 is 14.8 Å². The smallest absolute Gasteiger partial charge is 0.311 e. The van der Waals surface area contributed by atoms with Gasteiger partial charge >= 0.3 is 5.97 Å². The number of halogens is 1. The number of hydrogen-bond donors (Lipinski definition) is 1. The van der Waals surface area contributed by atoms with Crippen LogP contribution in [-0.4, -0.2) is 25.1 Å². The van der Waals surface area contributed by atoms with Gasteiger partial charge in [0.15, 0.2) is 6.10 Å². The maximum absolute atomic E-state index is 12.1. The second-order valence-electron chi connectivity index (χ2n) is 5.47. The van der Waals surface area contributed by atoms with Gasteiger partial charge in [-0.05, 0) is 36.2 Å². The average molecular weight is 362 g/mol. The zero-order valence-corrected chi connectivity index (χ0v) is 14.9. The van der Waals surface area contributed by atoms with E-state index in [1.165, 1.54) is 6.92 Å². The summed E-state index contributed by atoms with van der Waals surface area (Å²) in [7, 11) is 1.59. The average Bonchev–Trinajstić information content (AvgIpc) is 2.62. The predicted octanol–water partition coefficient (Wildman–Crippen LogP) is 3.14. The second-order valence-corrected chi connectivity index (χ2v) is 5.87. The third kappa shape index (κ3) is 5.80. The standard InChI is InChI=1S/C19H20ClNO4/c1-13(25-18(22)11-15-5-3-4-6-17(15)20)19(23)21-12-14-7-9-16(24-2)10-8-14/h3-10,13H,11-12H2,1-2H3,(H,21,23)/t13-/m0/s1. The lowest BCUT2D eigenvalue weighted by Gasteiger charge is -2.14. The van der Waals surface area contributed by atoms with E-state index in [0.717, 1.165) is 11.3 Å². The SMILES string of the molecule is COc1ccc(CNC(=O)[C@H](C)OC(=O)Cc2ccccc2Cl)cc1.